The minimum absolute atomic E-state index is 0.230. The molecule has 0 atom stereocenters. The van der Waals surface area contributed by atoms with Crippen LogP contribution in [0.1, 0.15) is 5.56 Å². The van der Waals surface area contributed by atoms with Crippen molar-refractivity contribution in [1.29, 1.82) is 0 Å². The third-order valence-corrected chi connectivity index (χ3v) is 3.83. The molecule has 0 fully saturated rings. The molecule has 1 amide bonds. The lowest BCUT2D eigenvalue weighted by Gasteiger charge is -2.09. The number of carbonyl (C=O) groups excluding carboxylic acids is 1. The van der Waals surface area contributed by atoms with E-state index in [1.54, 1.807) is 0 Å². The first kappa shape index (κ1) is 14.4. The maximum atomic E-state index is 11.7. The average molecular weight is 481 g/mol. The van der Waals surface area contributed by atoms with Gasteiger partial charge >= 0.3 is 6.09 Å². The number of rotatable bonds is 3. The fourth-order valence-corrected chi connectivity index (χ4v) is 2.85. The molecule has 5 nitrogen and oxygen atoms in total. The van der Waals surface area contributed by atoms with Crippen molar-refractivity contribution < 1.29 is 9.53 Å². The lowest BCUT2D eigenvalue weighted by molar-refractivity contribution is 0.155. The molecule has 0 radical (unpaired) electrons. The quantitative estimate of drug-likeness (QED) is 0.540. The Kier molecular flexibility index (Phi) is 5.31. The first-order chi connectivity index (χ1) is 9.16. The van der Waals surface area contributed by atoms with Gasteiger partial charge < -0.3 is 4.74 Å². The molecule has 1 aromatic carbocycles. The molecule has 7 heteroatoms. The number of nitrogens with one attached hydrogen (secondary N) is 1. The number of hydrogen-bond acceptors (Lipinski definition) is 4. The van der Waals surface area contributed by atoms with E-state index in [4.69, 9.17) is 4.74 Å². The van der Waals surface area contributed by atoms with Crippen molar-refractivity contribution in [3.05, 3.63) is 49.6 Å². The Labute approximate surface area is 137 Å². The fraction of sp³-hybridized carbons (Fsp3) is 0.0833. The van der Waals surface area contributed by atoms with Gasteiger partial charge in [0, 0.05) is 0 Å². The molecular weight excluding hydrogens is 472 g/mol. The second-order valence-electron chi connectivity index (χ2n) is 3.52. The Hall–Kier alpha value is -0.970. The Morgan fingerprint density at radius 3 is 2.42 bits per heavy atom. The molecule has 1 N–H and O–H groups in total. The van der Waals surface area contributed by atoms with Crippen molar-refractivity contribution in [2.75, 3.05) is 5.32 Å². The predicted octanol–water partition coefficient (Wildman–Crippen LogP) is 3.43. The monoisotopic (exact) mass is 481 g/mol. The zero-order valence-corrected chi connectivity index (χ0v) is 14.0. The van der Waals surface area contributed by atoms with Crippen molar-refractivity contribution in [3.63, 3.8) is 0 Å². The van der Waals surface area contributed by atoms with Crippen molar-refractivity contribution in [2.45, 2.75) is 6.61 Å². The Bertz CT molecular complexity index is 558. The Balaban J connectivity index is 1.95. The van der Waals surface area contributed by atoms with Crippen LogP contribution in [0.4, 0.5) is 10.5 Å². The molecule has 0 saturated heterocycles. The summed E-state index contributed by atoms with van der Waals surface area (Å²) in [6.45, 7) is 0.230. The van der Waals surface area contributed by atoms with Gasteiger partial charge in [-0.2, -0.15) is 0 Å². The van der Waals surface area contributed by atoms with E-state index >= 15 is 0 Å². The van der Waals surface area contributed by atoms with Gasteiger partial charge in [0.15, 0.2) is 0 Å². The molecule has 0 saturated carbocycles. The van der Waals surface area contributed by atoms with Crippen LogP contribution < -0.4 is 5.32 Å². The van der Waals surface area contributed by atoms with Crippen LogP contribution in [0.5, 0.6) is 0 Å². The van der Waals surface area contributed by atoms with E-state index in [0.717, 1.165) is 5.56 Å². The van der Waals surface area contributed by atoms with Gasteiger partial charge in [-0.15, -0.1) is 0 Å². The molecule has 19 heavy (non-hydrogen) atoms. The van der Waals surface area contributed by atoms with Crippen molar-refractivity contribution >= 4 is 57.0 Å². The van der Waals surface area contributed by atoms with Crippen LogP contribution in [0.25, 0.3) is 0 Å². The van der Waals surface area contributed by atoms with Crippen molar-refractivity contribution in [2.24, 2.45) is 0 Å². The Morgan fingerprint density at radius 2 is 1.79 bits per heavy atom. The van der Waals surface area contributed by atoms with E-state index in [1.807, 2.05) is 75.5 Å². The molecule has 1 aromatic heterocycles. The molecular formula is C12H9I2N3O2. The first-order valence-electron chi connectivity index (χ1n) is 5.30. The number of amides is 1. The van der Waals surface area contributed by atoms with E-state index in [1.165, 1.54) is 6.33 Å². The van der Waals surface area contributed by atoms with Crippen LogP contribution in [0, 0.1) is 7.40 Å². The number of carbonyl (C=O) groups is 1. The van der Waals surface area contributed by atoms with Crippen LogP contribution in [-0.2, 0) is 11.3 Å². The Morgan fingerprint density at radius 1 is 1.16 bits per heavy atom. The summed E-state index contributed by atoms with van der Waals surface area (Å²) in [4.78, 5) is 19.7. The summed E-state index contributed by atoms with van der Waals surface area (Å²) in [5.41, 5.74) is 1.51. The molecule has 1 heterocycles. The highest BCUT2D eigenvalue weighted by Gasteiger charge is 2.11. The van der Waals surface area contributed by atoms with Gasteiger partial charge in [-0.3, -0.25) is 5.32 Å². The predicted molar refractivity (Wildman–Crippen MR) is 87.7 cm³/mol. The van der Waals surface area contributed by atoms with Crippen LogP contribution >= 0.6 is 45.2 Å². The fourth-order valence-electron chi connectivity index (χ4n) is 1.31. The maximum Gasteiger partial charge on any atom is 0.412 e. The summed E-state index contributed by atoms with van der Waals surface area (Å²) in [5.74, 6) is 0. The number of nitrogens with zero attached hydrogens (tertiary/aromatic N) is 2. The number of halogens is 2. The van der Waals surface area contributed by atoms with Gasteiger partial charge in [0.25, 0.3) is 0 Å². The highest BCUT2D eigenvalue weighted by Crippen LogP contribution is 2.20. The molecule has 0 aliphatic carbocycles. The van der Waals surface area contributed by atoms with Crippen molar-refractivity contribution in [1.82, 2.24) is 9.97 Å². The first-order valence-corrected chi connectivity index (χ1v) is 7.46. The summed E-state index contributed by atoms with van der Waals surface area (Å²) in [5, 5.41) is 2.65. The highest BCUT2D eigenvalue weighted by molar-refractivity contribution is 14.1. The van der Waals surface area contributed by atoms with E-state index in [0.29, 0.717) is 13.1 Å². The number of aromatic nitrogens is 2. The SMILES string of the molecule is O=C(Nc1c(I)ncnc1I)OCc1ccccc1. The van der Waals surface area contributed by atoms with Crippen molar-refractivity contribution in [3.8, 4) is 0 Å². The van der Waals surface area contributed by atoms with Gasteiger partial charge in [-0.1, -0.05) is 30.3 Å². The van der Waals surface area contributed by atoms with Gasteiger partial charge in [0.1, 0.15) is 26.0 Å². The second kappa shape index (κ2) is 6.98. The number of benzene rings is 1. The summed E-state index contributed by atoms with van der Waals surface area (Å²) < 4.78 is 6.48. The third-order valence-electron chi connectivity index (χ3n) is 2.19. The van der Waals surface area contributed by atoms with E-state index < -0.39 is 6.09 Å². The molecule has 2 rings (SSSR count). The van der Waals surface area contributed by atoms with E-state index in [2.05, 4.69) is 15.3 Å². The molecule has 0 bridgehead atoms. The molecule has 0 unspecified atom stereocenters. The third kappa shape index (κ3) is 4.27. The van der Waals surface area contributed by atoms with Gasteiger partial charge in [0.2, 0.25) is 0 Å². The largest absolute Gasteiger partial charge is 0.444 e. The zero-order chi connectivity index (χ0) is 13.7. The summed E-state index contributed by atoms with van der Waals surface area (Å²) >= 11 is 4.07. The lowest BCUT2D eigenvalue weighted by atomic mass is 10.2. The van der Waals surface area contributed by atoms with Gasteiger partial charge in [-0.25, -0.2) is 14.8 Å². The van der Waals surface area contributed by atoms with Crippen LogP contribution in [0.2, 0.25) is 0 Å². The van der Waals surface area contributed by atoms with E-state index in [-0.39, 0.29) is 6.61 Å². The second-order valence-corrected chi connectivity index (χ2v) is 5.56. The van der Waals surface area contributed by atoms with Crippen LogP contribution in [-0.4, -0.2) is 16.1 Å². The molecule has 98 valence electrons. The standard InChI is InChI=1S/C12H9I2N3O2/c13-10-9(11(14)16-7-15-10)17-12(18)19-6-8-4-2-1-3-5-8/h1-5,7H,6H2,(H,17,18). The molecule has 2 aromatic rings. The zero-order valence-electron chi connectivity index (χ0n) is 9.64. The normalized spacial score (nSPS) is 10.0. The van der Waals surface area contributed by atoms with Crippen LogP contribution in [0.15, 0.2) is 36.7 Å². The molecule has 0 spiro atoms. The van der Waals surface area contributed by atoms with Gasteiger partial charge in [0.05, 0.1) is 0 Å². The van der Waals surface area contributed by atoms with E-state index in [9.17, 15) is 4.79 Å². The van der Waals surface area contributed by atoms with Gasteiger partial charge in [-0.05, 0) is 50.7 Å². The topological polar surface area (TPSA) is 64.1 Å². The minimum Gasteiger partial charge on any atom is -0.444 e. The lowest BCUT2D eigenvalue weighted by Crippen LogP contribution is -2.16. The molecule has 0 aliphatic rings. The minimum atomic E-state index is -0.519. The summed E-state index contributed by atoms with van der Waals surface area (Å²) in [6, 6.07) is 9.50. The molecule has 0 aliphatic heterocycles. The average Bonchev–Trinajstić information content (AvgIpc) is 2.42. The number of hydrogen-bond donors (Lipinski definition) is 1. The summed E-state index contributed by atoms with van der Waals surface area (Å²) in [6.07, 6.45) is 0.929. The number of anilines is 1. The number of ether oxygens (including phenoxy) is 1. The van der Waals surface area contributed by atoms with Crippen LogP contribution in [0.3, 0.4) is 0 Å². The summed E-state index contributed by atoms with van der Waals surface area (Å²) in [7, 11) is 0. The highest BCUT2D eigenvalue weighted by atomic mass is 127. The maximum absolute atomic E-state index is 11.7. The smallest absolute Gasteiger partial charge is 0.412 e.